The molecule has 6 nitrogen and oxygen atoms in total. The van der Waals surface area contributed by atoms with Gasteiger partial charge in [-0.15, -0.1) is 0 Å². The molecule has 1 aliphatic rings. The number of rotatable bonds is 6. The fraction of sp³-hybridized carbons (Fsp3) is 0.192. The van der Waals surface area contributed by atoms with Gasteiger partial charge in [0.15, 0.2) is 0 Å². The van der Waals surface area contributed by atoms with E-state index in [4.69, 9.17) is 44.3 Å². The van der Waals surface area contributed by atoms with Crippen LogP contribution in [0.5, 0.6) is 0 Å². The van der Waals surface area contributed by atoms with Crippen LogP contribution >= 0.6 is 34.8 Å². The highest BCUT2D eigenvalue weighted by Gasteiger charge is 2.33. The van der Waals surface area contributed by atoms with Crippen molar-refractivity contribution in [1.29, 1.82) is 0 Å². The predicted octanol–water partition coefficient (Wildman–Crippen LogP) is 7.88. The van der Waals surface area contributed by atoms with Gasteiger partial charge in [-0.3, -0.25) is 0 Å². The molecule has 2 heterocycles. The minimum absolute atomic E-state index is 0.0385. The molecule has 0 amide bonds. The Morgan fingerprint density at radius 1 is 1.00 bits per heavy atom. The summed E-state index contributed by atoms with van der Waals surface area (Å²) in [4.78, 5) is 12.4. The van der Waals surface area contributed by atoms with Gasteiger partial charge in [0.2, 0.25) is 0 Å². The zero-order valence-electron chi connectivity index (χ0n) is 19.6. The van der Waals surface area contributed by atoms with Crippen molar-refractivity contribution in [3.05, 3.63) is 92.1 Å². The number of anilines is 2. The van der Waals surface area contributed by atoms with Crippen molar-refractivity contribution >= 4 is 63.3 Å². The predicted molar refractivity (Wildman–Crippen MR) is 141 cm³/mol. The van der Waals surface area contributed by atoms with Crippen LogP contribution in [0.4, 0.5) is 24.7 Å². The Balaban J connectivity index is 1.38. The fourth-order valence-electron chi connectivity index (χ4n) is 4.05. The van der Waals surface area contributed by atoms with Crippen molar-refractivity contribution in [2.24, 2.45) is 0 Å². The van der Waals surface area contributed by atoms with E-state index in [-0.39, 0.29) is 17.1 Å². The molecular weight excluding hydrogens is 564 g/mol. The Morgan fingerprint density at radius 2 is 1.82 bits per heavy atom. The van der Waals surface area contributed by atoms with Gasteiger partial charge < -0.3 is 14.8 Å². The minimum Gasteiger partial charge on any atom is -0.490 e. The first-order chi connectivity index (χ1) is 18.1. The molecule has 1 atom stereocenters. The summed E-state index contributed by atoms with van der Waals surface area (Å²) in [6.07, 6.45) is -1.34. The van der Waals surface area contributed by atoms with E-state index < -0.39 is 18.0 Å². The molecule has 38 heavy (non-hydrogen) atoms. The lowest BCUT2D eigenvalue weighted by Crippen LogP contribution is -2.24. The summed E-state index contributed by atoms with van der Waals surface area (Å²) in [7, 11) is 1.57. The summed E-state index contributed by atoms with van der Waals surface area (Å²) in [6.45, 7) is 0.133. The Kier molecular flexibility index (Phi) is 7.37. The molecule has 1 aliphatic carbocycles. The molecule has 0 saturated carbocycles. The lowest BCUT2D eigenvalue weighted by Gasteiger charge is -2.26. The number of halogens is 6. The Morgan fingerprint density at radius 3 is 2.55 bits per heavy atom. The number of fused-ring (bicyclic) bond motifs is 2. The molecule has 0 spiro atoms. The van der Waals surface area contributed by atoms with E-state index in [1.165, 1.54) is 12.4 Å². The van der Waals surface area contributed by atoms with Crippen LogP contribution in [0.25, 0.3) is 17.0 Å². The molecule has 1 N–H and O–H groups in total. The van der Waals surface area contributed by atoms with E-state index >= 15 is 0 Å². The van der Waals surface area contributed by atoms with Crippen molar-refractivity contribution < 1.29 is 22.6 Å². The van der Waals surface area contributed by atoms with Gasteiger partial charge in [-0.2, -0.15) is 13.2 Å². The first-order valence-electron chi connectivity index (χ1n) is 11.2. The summed E-state index contributed by atoms with van der Waals surface area (Å²) in [5.74, 6) is 1.15. The van der Waals surface area contributed by atoms with Crippen LogP contribution in [0, 0.1) is 0 Å². The van der Waals surface area contributed by atoms with Crippen molar-refractivity contribution in [3.63, 3.8) is 0 Å². The maximum atomic E-state index is 13.1. The van der Waals surface area contributed by atoms with Crippen molar-refractivity contribution in [1.82, 2.24) is 15.0 Å². The average molecular weight is 582 g/mol. The number of nitrogens with zero attached hydrogens (tertiary/aromatic N) is 3. The van der Waals surface area contributed by atoms with E-state index in [0.717, 1.165) is 11.6 Å². The third-order valence-electron chi connectivity index (χ3n) is 5.95. The molecule has 12 heteroatoms. The number of hydrogen-bond donors (Lipinski definition) is 1. The SMILES string of the molecule is COC1Cc2c(ncnc2Nc2ccc(Cl)c(Cl)c2)C=C1OCc1ccc2nc(C(F)(F)F)cc(Cl)c2c1. The quantitative estimate of drug-likeness (QED) is 0.250. The molecule has 1 unspecified atom stereocenters. The molecular formula is C26H18Cl3F3N4O2. The maximum absolute atomic E-state index is 13.1. The van der Waals surface area contributed by atoms with E-state index in [1.807, 2.05) is 0 Å². The van der Waals surface area contributed by atoms with Crippen LogP contribution in [0.15, 0.2) is 54.6 Å². The second-order valence-corrected chi connectivity index (χ2v) is 9.66. The average Bonchev–Trinajstić information content (AvgIpc) is 2.88. The van der Waals surface area contributed by atoms with Gasteiger partial charge in [0.25, 0.3) is 0 Å². The van der Waals surface area contributed by atoms with E-state index in [0.29, 0.717) is 50.4 Å². The van der Waals surface area contributed by atoms with Gasteiger partial charge in [-0.05, 0) is 42.0 Å². The van der Waals surface area contributed by atoms with Crippen LogP contribution in [0.2, 0.25) is 15.1 Å². The van der Waals surface area contributed by atoms with Crippen LogP contribution in [-0.2, 0) is 28.7 Å². The fourth-order valence-corrected chi connectivity index (χ4v) is 4.60. The molecule has 196 valence electrons. The standard InChI is InChI=1S/C26H18Cl3F3N4O2/c1-37-22-8-16-21(33-12-34-25(16)35-14-3-4-17(27)19(29)7-14)10-23(22)38-11-13-2-5-20-15(6-13)18(28)9-24(36-20)26(30,31)32/h2-7,9-10,12,22H,8,11H2,1H3,(H,33,34,35). The summed E-state index contributed by atoms with van der Waals surface area (Å²) >= 11 is 18.3. The number of alkyl halides is 3. The molecule has 2 aromatic carbocycles. The molecule has 0 radical (unpaired) electrons. The lowest BCUT2D eigenvalue weighted by atomic mass is 9.98. The number of ether oxygens (including phenoxy) is 2. The van der Waals surface area contributed by atoms with Crippen molar-refractivity contribution in [2.45, 2.75) is 25.3 Å². The summed E-state index contributed by atoms with van der Waals surface area (Å²) in [6, 6.07) is 10.8. The van der Waals surface area contributed by atoms with Gasteiger partial charge in [-0.1, -0.05) is 40.9 Å². The first-order valence-corrected chi connectivity index (χ1v) is 12.4. The molecule has 0 aliphatic heterocycles. The van der Waals surface area contributed by atoms with Crippen molar-refractivity contribution in [2.75, 3.05) is 12.4 Å². The third-order valence-corrected chi connectivity index (χ3v) is 7.00. The topological polar surface area (TPSA) is 69.2 Å². The van der Waals surface area contributed by atoms with E-state index in [1.54, 1.807) is 43.5 Å². The number of methoxy groups -OCH3 is 1. The summed E-state index contributed by atoms with van der Waals surface area (Å²) < 4.78 is 50.9. The largest absolute Gasteiger partial charge is 0.490 e. The number of benzene rings is 2. The number of nitrogens with one attached hydrogen (secondary N) is 1. The number of pyridine rings is 1. The monoisotopic (exact) mass is 580 g/mol. The van der Waals surface area contributed by atoms with E-state index in [9.17, 15) is 13.2 Å². The number of hydrogen-bond acceptors (Lipinski definition) is 6. The van der Waals surface area contributed by atoms with Gasteiger partial charge in [0.05, 0.1) is 26.3 Å². The van der Waals surface area contributed by atoms with Crippen molar-refractivity contribution in [3.8, 4) is 0 Å². The Labute approximate surface area is 230 Å². The zero-order chi connectivity index (χ0) is 27.0. The zero-order valence-corrected chi connectivity index (χ0v) is 21.9. The Hall–Kier alpha value is -3.11. The highest BCUT2D eigenvalue weighted by atomic mass is 35.5. The van der Waals surface area contributed by atoms with Crippen LogP contribution in [0.3, 0.4) is 0 Å². The number of aromatic nitrogens is 3. The highest BCUT2D eigenvalue weighted by molar-refractivity contribution is 6.42. The maximum Gasteiger partial charge on any atom is 0.433 e. The summed E-state index contributed by atoms with van der Waals surface area (Å²) in [5.41, 5.74) is 2.02. The molecule has 2 aromatic heterocycles. The first kappa shape index (κ1) is 26.5. The van der Waals surface area contributed by atoms with Gasteiger partial charge >= 0.3 is 6.18 Å². The van der Waals surface area contributed by atoms with Gasteiger partial charge in [0, 0.05) is 36.2 Å². The highest BCUT2D eigenvalue weighted by Crippen LogP contribution is 2.35. The van der Waals surface area contributed by atoms with Gasteiger partial charge in [0.1, 0.15) is 36.3 Å². The molecule has 0 fully saturated rings. The second kappa shape index (κ2) is 10.6. The minimum atomic E-state index is -4.58. The second-order valence-electron chi connectivity index (χ2n) is 8.44. The van der Waals surface area contributed by atoms with Crippen LogP contribution in [0.1, 0.15) is 22.5 Å². The lowest BCUT2D eigenvalue weighted by molar-refractivity contribution is -0.140. The molecule has 4 aromatic rings. The molecule has 0 saturated heterocycles. The summed E-state index contributed by atoms with van der Waals surface area (Å²) in [5, 5.41) is 4.47. The van der Waals surface area contributed by atoms with Crippen LogP contribution < -0.4 is 5.32 Å². The molecule has 0 bridgehead atoms. The van der Waals surface area contributed by atoms with E-state index in [2.05, 4.69) is 20.3 Å². The normalized spacial score (nSPS) is 15.2. The van der Waals surface area contributed by atoms with Crippen LogP contribution in [-0.4, -0.2) is 28.2 Å². The van der Waals surface area contributed by atoms with Gasteiger partial charge in [-0.25, -0.2) is 15.0 Å². The third kappa shape index (κ3) is 5.51. The molecule has 5 rings (SSSR count). The Bertz CT molecular complexity index is 1560. The smallest absolute Gasteiger partial charge is 0.433 e.